The molecule has 0 aliphatic carbocycles. The van der Waals surface area contributed by atoms with Gasteiger partial charge >= 0.3 is 0 Å². The molecule has 4 nitrogen and oxygen atoms in total. The Kier molecular flexibility index (Phi) is 6.38. The summed E-state index contributed by atoms with van der Waals surface area (Å²) in [5.41, 5.74) is 6.51. The highest BCUT2D eigenvalue weighted by Crippen LogP contribution is 2.25. The molecule has 120 valence electrons. The van der Waals surface area contributed by atoms with Crippen LogP contribution in [0.15, 0.2) is 29.2 Å². The van der Waals surface area contributed by atoms with E-state index in [1.807, 2.05) is 12.1 Å². The van der Waals surface area contributed by atoms with Gasteiger partial charge in [0.15, 0.2) is 0 Å². The van der Waals surface area contributed by atoms with Crippen molar-refractivity contribution in [2.75, 3.05) is 13.1 Å². The van der Waals surface area contributed by atoms with Crippen molar-refractivity contribution in [2.24, 2.45) is 17.1 Å². The standard InChI is InChI=1S/C16H28N2O2S/c1-13(2)16(3,4)12-18-21(19,20)15-9-7-14(8-10-15)6-5-11-17/h7-10,13,18H,5-6,11-12,17H2,1-4H3. The number of hydrogen-bond donors (Lipinski definition) is 2. The van der Waals surface area contributed by atoms with Crippen LogP contribution in [0.5, 0.6) is 0 Å². The summed E-state index contributed by atoms with van der Waals surface area (Å²) >= 11 is 0. The maximum absolute atomic E-state index is 12.3. The van der Waals surface area contributed by atoms with Crippen molar-refractivity contribution in [2.45, 2.75) is 45.4 Å². The molecule has 0 heterocycles. The van der Waals surface area contributed by atoms with E-state index >= 15 is 0 Å². The molecule has 5 heteroatoms. The van der Waals surface area contributed by atoms with Gasteiger partial charge in [0.1, 0.15) is 0 Å². The lowest BCUT2D eigenvalue weighted by atomic mass is 9.81. The highest BCUT2D eigenvalue weighted by Gasteiger charge is 2.25. The summed E-state index contributed by atoms with van der Waals surface area (Å²) in [7, 11) is -3.44. The average Bonchev–Trinajstić information content (AvgIpc) is 2.43. The van der Waals surface area contributed by atoms with Crippen molar-refractivity contribution in [3.05, 3.63) is 29.8 Å². The molecule has 0 atom stereocenters. The van der Waals surface area contributed by atoms with Crippen LogP contribution in [0.4, 0.5) is 0 Å². The fraction of sp³-hybridized carbons (Fsp3) is 0.625. The molecular formula is C16H28N2O2S. The summed E-state index contributed by atoms with van der Waals surface area (Å²) in [6.07, 6.45) is 1.79. The zero-order valence-corrected chi connectivity index (χ0v) is 14.3. The first-order valence-electron chi connectivity index (χ1n) is 7.48. The number of benzene rings is 1. The number of sulfonamides is 1. The van der Waals surface area contributed by atoms with E-state index in [0.717, 1.165) is 18.4 Å². The molecule has 0 spiro atoms. The van der Waals surface area contributed by atoms with Gasteiger partial charge < -0.3 is 5.73 Å². The van der Waals surface area contributed by atoms with Gasteiger partial charge in [-0.05, 0) is 48.4 Å². The van der Waals surface area contributed by atoms with Crippen molar-refractivity contribution in [1.82, 2.24) is 4.72 Å². The summed E-state index contributed by atoms with van der Waals surface area (Å²) in [5, 5.41) is 0. The van der Waals surface area contributed by atoms with Gasteiger partial charge in [-0.2, -0.15) is 0 Å². The molecular weight excluding hydrogens is 284 g/mol. The van der Waals surface area contributed by atoms with Gasteiger partial charge in [-0.25, -0.2) is 13.1 Å². The smallest absolute Gasteiger partial charge is 0.240 e. The molecule has 0 saturated carbocycles. The van der Waals surface area contributed by atoms with Crippen LogP contribution in [0.1, 0.15) is 39.7 Å². The quantitative estimate of drug-likeness (QED) is 0.775. The van der Waals surface area contributed by atoms with Crippen molar-refractivity contribution < 1.29 is 8.42 Å². The molecule has 0 aliphatic rings. The second-order valence-corrected chi connectivity index (χ2v) is 8.27. The third kappa shape index (κ3) is 5.41. The highest BCUT2D eigenvalue weighted by atomic mass is 32.2. The van der Waals surface area contributed by atoms with Gasteiger partial charge in [0.05, 0.1) is 4.90 Å². The minimum absolute atomic E-state index is 0.0753. The number of hydrogen-bond acceptors (Lipinski definition) is 3. The number of nitrogens with one attached hydrogen (secondary N) is 1. The third-order valence-electron chi connectivity index (χ3n) is 4.18. The zero-order valence-electron chi connectivity index (χ0n) is 13.5. The monoisotopic (exact) mass is 312 g/mol. The molecule has 0 aliphatic heterocycles. The Bertz CT molecular complexity index is 534. The summed E-state index contributed by atoms with van der Waals surface area (Å²) in [6.45, 7) is 9.40. The van der Waals surface area contributed by atoms with Gasteiger partial charge in [0.2, 0.25) is 10.0 Å². The first-order valence-corrected chi connectivity index (χ1v) is 8.96. The van der Waals surface area contributed by atoms with E-state index < -0.39 is 10.0 Å². The van der Waals surface area contributed by atoms with E-state index in [4.69, 9.17) is 5.73 Å². The maximum Gasteiger partial charge on any atom is 0.240 e. The van der Waals surface area contributed by atoms with Crippen LogP contribution >= 0.6 is 0 Å². The summed E-state index contributed by atoms with van der Waals surface area (Å²) < 4.78 is 27.3. The molecule has 21 heavy (non-hydrogen) atoms. The van der Waals surface area contributed by atoms with Crippen molar-refractivity contribution >= 4 is 10.0 Å². The molecule has 0 bridgehead atoms. The summed E-state index contributed by atoms with van der Waals surface area (Å²) in [6, 6.07) is 7.04. The Morgan fingerprint density at radius 3 is 2.24 bits per heavy atom. The summed E-state index contributed by atoms with van der Waals surface area (Å²) in [5.74, 6) is 0.402. The minimum atomic E-state index is -3.44. The van der Waals surface area contributed by atoms with Gasteiger partial charge in [0, 0.05) is 6.54 Å². The van der Waals surface area contributed by atoms with E-state index in [1.165, 1.54) is 0 Å². The van der Waals surface area contributed by atoms with Crippen LogP contribution in [-0.2, 0) is 16.4 Å². The zero-order chi connectivity index (χ0) is 16.1. The Balaban J connectivity index is 2.74. The van der Waals surface area contributed by atoms with Gasteiger partial charge in [-0.1, -0.05) is 39.8 Å². The Labute approximate surface area is 129 Å². The Hall–Kier alpha value is -0.910. The van der Waals surface area contributed by atoms with Crippen LogP contribution in [0.3, 0.4) is 0 Å². The van der Waals surface area contributed by atoms with Crippen molar-refractivity contribution in [1.29, 1.82) is 0 Å². The number of aryl methyl sites for hydroxylation is 1. The van der Waals surface area contributed by atoms with Crippen LogP contribution in [0.2, 0.25) is 0 Å². The highest BCUT2D eigenvalue weighted by molar-refractivity contribution is 7.89. The Morgan fingerprint density at radius 1 is 1.19 bits per heavy atom. The lowest BCUT2D eigenvalue weighted by Gasteiger charge is -2.29. The van der Waals surface area contributed by atoms with Crippen LogP contribution in [0, 0.1) is 11.3 Å². The molecule has 0 unspecified atom stereocenters. The SMILES string of the molecule is CC(C)C(C)(C)CNS(=O)(=O)c1ccc(CCCN)cc1. The lowest BCUT2D eigenvalue weighted by molar-refractivity contribution is 0.252. The molecule has 0 radical (unpaired) electrons. The lowest BCUT2D eigenvalue weighted by Crippen LogP contribution is -2.36. The van der Waals surface area contributed by atoms with E-state index in [9.17, 15) is 8.42 Å². The molecule has 0 fully saturated rings. The summed E-state index contributed by atoms with van der Waals surface area (Å²) in [4.78, 5) is 0.318. The predicted molar refractivity (Wildman–Crippen MR) is 87.6 cm³/mol. The van der Waals surface area contributed by atoms with E-state index in [1.54, 1.807) is 12.1 Å². The second-order valence-electron chi connectivity index (χ2n) is 6.50. The molecule has 0 amide bonds. The normalized spacial score (nSPS) is 12.9. The van der Waals surface area contributed by atoms with E-state index in [0.29, 0.717) is 23.9 Å². The van der Waals surface area contributed by atoms with Crippen LogP contribution < -0.4 is 10.5 Å². The van der Waals surface area contributed by atoms with Crippen molar-refractivity contribution in [3.63, 3.8) is 0 Å². The van der Waals surface area contributed by atoms with E-state index in [2.05, 4.69) is 32.4 Å². The first-order chi connectivity index (χ1) is 9.69. The number of rotatable bonds is 8. The number of nitrogens with two attached hydrogens (primary N) is 1. The topological polar surface area (TPSA) is 72.2 Å². The largest absolute Gasteiger partial charge is 0.330 e. The molecule has 3 N–H and O–H groups in total. The average molecular weight is 312 g/mol. The predicted octanol–water partition coefficient (Wildman–Crippen LogP) is 2.54. The molecule has 0 saturated heterocycles. The minimum Gasteiger partial charge on any atom is -0.330 e. The Morgan fingerprint density at radius 2 is 1.76 bits per heavy atom. The molecule has 1 aromatic carbocycles. The maximum atomic E-state index is 12.3. The fourth-order valence-electron chi connectivity index (χ4n) is 1.71. The first kappa shape index (κ1) is 18.1. The van der Waals surface area contributed by atoms with Gasteiger partial charge in [-0.15, -0.1) is 0 Å². The van der Waals surface area contributed by atoms with Gasteiger partial charge in [-0.3, -0.25) is 0 Å². The third-order valence-corrected chi connectivity index (χ3v) is 5.60. The second kappa shape index (κ2) is 7.38. The fourth-order valence-corrected chi connectivity index (χ4v) is 2.93. The van der Waals surface area contributed by atoms with Crippen LogP contribution in [0.25, 0.3) is 0 Å². The van der Waals surface area contributed by atoms with Gasteiger partial charge in [0.25, 0.3) is 0 Å². The molecule has 1 aromatic rings. The van der Waals surface area contributed by atoms with Crippen molar-refractivity contribution in [3.8, 4) is 0 Å². The van der Waals surface area contributed by atoms with E-state index in [-0.39, 0.29) is 5.41 Å². The van der Waals surface area contributed by atoms with Crippen LogP contribution in [-0.4, -0.2) is 21.5 Å². The molecule has 1 rings (SSSR count). The molecule has 0 aromatic heterocycles.